The summed E-state index contributed by atoms with van der Waals surface area (Å²) in [7, 11) is 0. The Labute approximate surface area is 76.9 Å². The highest BCUT2D eigenvalue weighted by Gasteiger charge is 2.26. The quantitative estimate of drug-likeness (QED) is 0.740. The van der Waals surface area contributed by atoms with Crippen molar-refractivity contribution in [2.45, 2.75) is 12.4 Å². The molecule has 1 heterocycles. The molecule has 1 aromatic carbocycles. The topological polar surface area (TPSA) is 38.7 Å². The van der Waals surface area contributed by atoms with Crippen LogP contribution in [0, 0.1) is 0 Å². The van der Waals surface area contributed by atoms with E-state index < -0.39 is 0 Å². The normalized spacial score (nSPS) is 27.8. The van der Waals surface area contributed by atoms with Crippen molar-refractivity contribution in [1.82, 2.24) is 0 Å². The Morgan fingerprint density at radius 3 is 2.69 bits per heavy atom. The molecule has 0 unspecified atom stereocenters. The molecule has 1 aliphatic heterocycles. The van der Waals surface area contributed by atoms with Crippen LogP contribution in [0.4, 0.5) is 0 Å². The minimum atomic E-state index is -0.307. The summed E-state index contributed by atoms with van der Waals surface area (Å²) in [5.41, 5.74) is 0.999. The lowest BCUT2D eigenvalue weighted by Gasteiger charge is -2.09. The summed E-state index contributed by atoms with van der Waals surface area (Å²) in [6.07, 6.45) is -0.483. The SMILES string of the molecule is OC[C@H]1CO[C@@H](c2ccccc2)O1. The molecule has 2 atom stereocenters. The molecule has 3 heteroatoms. The molecule has 1 aliphatic rings. The summed E-state index contributed by atoms with van der Waals surface area (Å²) in [5, 5.41) is 8.83. The van der Waals surface area contributed by atoms with E-state index in [4.69, 9.17) is 14.6 Å². The Bertz CT molecular complexity index is 260. The van der Waals surface area contributed by atoms with Gasteiger partial charge in [0.1, 0.15) is 6.10 Å². The molecule has 1 aromatic rings. The maximum Gasteiger partial charge on any atom is 0.184 e. The molecule has 70 valence electrons. The fourth-order valence-electron chi connectivity index (χ4n) is 1.33. The van der Waals surface area contributed by atoms with E-state index in [-0.39, 0.29) is 19.0 Å². The lowest BCUT2D eigenvalue weighted by Crippen LogP contribution is -2.14. The first kappa shape index (κ1) is 8.69. The summed E-state index contributed by atoms with van der Waals surface area (Å²) < 4.78 is 10.8. The van der Waals surface area contributed by atoms with Crippen LogP contribution in [0.5, 0.6) is 0 Å². The minimum Gasteiger partial charge on any atom is -0.394 e. The molecule has 1 saturated heterocycles. The molecule has 1 fully saturated rings. The van der Waals surface area contributed by atoms with Crippen LogP contribution in [0.25, 0.3) is 0 Å². The average Bonchev–Trinajstić information content (AvgIpc) is 2.67. The van der Waals surface area contributed by atoms with Gasteiger partial charge in [0, 0.05) is 5.56 Å². The van der Waals surface area contributed by atoms with Crippen LogP contribution in [-0.2, 0) is 9.47 Å². The summed E-state index contributed by atoms with van der Waals surface area (Å²) in [5.74, 6) is 0. The Morgan fingerprint density at radius 2 is 2.08 bits per heavy atom. The van der Waals surface area contributed by atoms with Gasteiger partial charge in [0.2, 0.25) is 0 Å². The third-order valence-electron chi connectivity index (χ3n) is 2.02. The van der Waals surface area contributed by atoms with E-state index in [0.29, 0.717) is 6.61 Å². The van der Waals surface area contributed by atoms with Crippen molar-refractivity contribution in [2.75, 3.05) is 13.2 Å². The molecule has 0 aromatic heterocycles. The third-order valence-corrected chi connectivity index (χ3v) is 2.02. The van der Waals surface area contributed by atoms with Gasteiger partial charge in [-0.2, -0.15) is 0 Å². The Balaban J connectivity index is 2.04. The van der Waals surface area contributed by atoms with Crippen LogP contribution in [0.15, 0.2) is 30.3 Å². The zero-order chi connectivity index (χ0) is 9.10. The molecular formula is C10H12O3. The van der Waals surface area contributed by atoms with Crippen molar-refractivity contribution in [2.24, 2.45) is 0 Å². The fraction of sp³-hybridized carbons (Fsp3) is 0.400. The van der Waals surface area contributed by atoms with E-state index >= 15 is 0 Å². The van der Waals surface area contributed by atoms with Crippen LogP contribution in [0.2, 0.25) is 0 Å². The van der Waals surface area contributed by atoms with E-state index in [1.807, 2.05) is 30.3 Å². The molecule has 2 rings (SSSR count). The monoisotopic (exact) mass is 180 g/mol. The second-order valence-corrected chi connectivity index (χ2v) is 3.02. The number of hydrogen-bond acceptors (Lipinski definition) is 3. The van der Waals surface area contributed by atoms with Crippen LogP contribution in [0.1, 0.15) is 11.9 Å². The van der Waals surface area contributed by atoms with Gasteiger partial charge in [0.25, 0.3) is 0 Å². The van der Waals surface area contributed by atoms with E-state index in [9.17, 15) is 0 Å². The van der Waals surface area contributed by atoms with Crippen molar-refractivity contribution < 1.29 is 14.6 Å². The average molecular weight is 180 g/mol. The van der Waals surface area contributed by atoms with Crippen molar-refractivity contribution in [3.05, 3.63) is 35.9 Å². The van der Waals surface area contributed by atoms with E-state index in [1.165, 1.54) is 0 Å². The zero-order valence-corrected chi connectivity index (χ0v) is 7.22. The van der Waals surface area contributed by atoms with Gasteiger partial charge in [0.05, 0.1) is 13.2 Å². The predicted octanol–water partition coefficient (Wildman–Crippen LogP) is 1.09. The number of aliphatic hydroxyl groups excluding tert-OH is 1. The van der Waals surface area contributed by atoms with Crippen molar-refractivity contribution in [3.63, 3.8) is 0 Å². The number of benzene rings is 1. The molecule has 0 aliphatic carbocycles. The maximum atomic E-state index is 8.83. The van der Waals surface area contributed by atoms with Crippen molar-refractivity contribution in [1.29, 1.82) is 0 Å². The maximum absolute atomic E-state index is 8.83. The highest BCUT2D eigenvalue weighted by molar-refractivity contribution is 5.16. The number of hydrogen-bond donors (Lipinski definition) is 1. The second kappa shape index (κ2) is 3.87. The lowest BCUT2D eigenvalue weighted by molar-refractivity contribution is -0.0675. The summed E-state index contributed by atoms with van der Waals surface area (Å²) in [6.45, 7) is 0.486. The van der Waals surface area contributed by atoms with Crippen molar-refractivity contribution >= 4 is 0 Å². The summed E-state index contributed by atoms with van der Waals surface area (Å²) in [4.78, 5) is 0. The summed E-state index contributed by atoms with van der Waals surface area (Å²) in [6, 6.07) is 9.72. The fourth-order valence-corrected chi connectivity index (χ4v) is 1.33. The van der Waals surface area contributed by atoms with E-state index in [1.54, 1.807) is 0 Å². The second-order valence-electron chi connectivity index (χ2n) is 3.02. The molecule has 1 N–H and O–H groups in total. The lowest BCUT2D eigenvalue weighted by atomic mass is 10.2. The first-order valence-electron chi connectivity index (χ1n) is 4.33. The van der Waals surface area contributed by atoms with Gasteiger partial charge in [0.15, 0.2) is 6.29 Å². The standard InChI is InChI=1S/C10H12O3/c11-6-9-7-12-10(13-9)8-4-2-1-3-5-8/h1-5,9-11H,6-7H2/t9-,10+/m0/s1. The summed E-state index contributed by atoms with van der Waals surface area (Å²) >= 11 is 0. The van der Waals surface area contributed by atoms with Crippen LogP contribution < -0.4 is 0 Å². The Kier molecular flexibility index (Phi) is 2.59. The Hall–Kier alpha value is -0.900. The largest absolute Gasteiger partial charge is 0.394 e. The molecule has 3 nitrogen and oxygen atoms in total. The van der Waals surface area contributed by atoms with Gasteiger partial charge in [-0.3, -0.25) is 0 Å². The number of aliphatic hydroxyl groups is 1. The predicted molar refractivity (Wildman–Crippen MR) is 47.1 cm³/mol. The molecule has 0 radical (unpaired) electrons. The highest BCUT2D eigenvalue weighted by atomic mass is 16.7. The van der Waals surface area contributed by atoms with Crippen LogP contribution in [-0.4, -0.2) is 24.4 Å². The first-order chi connectivity index (χ1) is 6.40. The van der Waals surface area contributed by atoms with Gasteiger partial charge in [-0.1, -0.05) is 30.3 Å². The molecule has 0 amide bonds. The number of ether oxygens (including phenoxy) is 2. The van der Waals surface area contributed by atoms with Crippen LogP contribution >= 0.6 is 0 Å². The van der Waals surface area contributed by atoms with Gasteiger partial charge >= 0.3 is 0 Å². The van der Waals surface area contributed by atoms with Crippen LogP contribution in [0.3, 0.4) is 0 Å². The van der Waals surface area contributed by atoms with Crippen molar-refractivity contribution in [3.8, 4) is 0 Å². The van der Waals surface area contributed by atoms with Gasteiger partial charge in [-0.05, 0) is 0 Å². The third kappa shape index (κ3) is 1.88. The number of rotatable bonds is 2. The molecule has 13 heavy (non-hydrogen) atoms. The molecule has 0 saturated carbocycles. The first-order valence-corrected chi connectivity index (χ1v) is 4.33. The van der Waals surface area contributed by atoms with E-state index in [2.05, 4.69) is 0 Å². The molecule has 0 spiro atoms. The van der Waals surface area contributed by atoms with E-state index in [0.717, 1.165) is 5.56 Å². The molecule has 0 bridgehead atoms. The molecular weight excluding hydrogens is 168 g/mol. The van der Waals surface area contributed by atoms with Gasteiger partial charge in [-0.15, -0.1) is 0 Å². The Morgan fingerprint density at radius 1 is 1.31 bits per heavy atom. The smallest absolute Gasteiger partial charge is 0.184 e. The minimum absolute atomic E-state index is 0.0172. The highest BCUT2D eigenvalue weighted by Crippen LogP contribution is 2.25. The van der Waals surface area contributed by atoms with Gasteiger partial charge in [-0.25, -0.2) is 0 Å². The zero-order valence-electron chi connectivity index (χ0n) is 7.22. The van der Waals surface area contributed by atoms with Gasteiger partial charge < -0.3 is 14.6 Å².